The molecule has 0 radical (unpaired) electrons. The second kappa shape index (κ2) is 8.76. The summed E-state index contributed by atoms with van der Waals surface area (Å²) in [5, 5.41) is 12.0. The normalized spacial score (nSPS) is 22.6. The van der Waals surface area contributed by atoms with Gasteiger partial charge in [0.2, 0.25) is 5.91 Å². The predicted molar refractivity (Wildman–Crippen MR) is 119 cm³/mol. The highest BCUT2D eigenvalue weighted by Gasteiger charge is 2.35. The Kier molecular flexibility index (Phi) is 6.09. The molecular weight excluding hydrogens is 378 g/mol. The van der Waals surface area contributed by atoms with Gasteiger partial charge in [-0.15, -0.1) is 0 Å². The number of nitrogens with one attached hydrogen (secondary N) is 2. The van der Waals surface area contributed by atoms with Crippen molar-refractivity contribution in [1.82, 2.24) is 20.0 Å². The number of hydrogen-bond donors (Lipinski definition) is 2. The largest absolute Gasteiger partial charge is 0.359 e. The Morgan fingerprint density at radius 3 is 2.57 bits per heavy atom. The van der Waals surface area contributed by atoms with Gasteiger partial charge in [-0.25, -0.2) is 0 Å². The lowest BCUT2D eigenvalue weighted by molar-refractivity contribution is -0.123. The Hall–Kier alpha value is -2.41. The molecule has 1 saturated carbocycles. The SMILES string of the molecule is CCn1nc(NCC(=O)NC2CN(C3CCC(C(C)=O)CC3)C2)c2cc(C)ccc21. The van der Waals surface area contributed by atoms with Gasteiger partial charge in [0.1, 0.15) is 5.78 Å². The highest BCUT2D eigenvalue weighted by Crippen LogP contribution is 2.30. The Labute approximate surface area is 178 Å². The van der Waals surface area contributed by atoms with E-state index in [1.54, 1.807) is 6.92 Å². The van der Waals surface area contributed by atoms with Gasteiger partial charge in [0.15, 0.2) is 5.82 Å². The van der Waals surface area contributed by atoms with Crippen LogP contribution in [0.2, 0.25) is 0 Å². The number of nitrogens with zero attached hydrogens (tertiary/aromatic N) is 3. The summed E-state index contributed by atoms with van der Waals surface area (Å²) < 4.78 is 1.96. The van der Waals surface area contributed by atoms with Crippen molar-refractivity contribution in [3.8, 4) is 0 Å². The molecule has 0 bridgehead atoms. The number of likely N-dealkylation sites (tertiary alicyclic amines) is 1. The number of amides is 1. The summed E-state index contributed by atoms with van der Waals surface area (Å²) >= 11 is 0. The number of anilines is 1. The number of carbonyl (C=O) groups excluding carboxylic acids is 2. The molecule has 1 aliphatic carbocycles. The first-order chi connectivity index (χ1) is 14.4. The van der Waals surface area contributed by atoms with E-state index in [0.717, 1.165) is 62.0 Å². The van der Waals surface area contributed by atoms with Crippen LogP contribution in [0.15, 0.2) is 18.2 Å². The maximum Gasteiger partial charge on any atom is 0.239 e. The number of ketones is 1. The van der Waals surface area contributed by atoms with E-state index in [1.165, 1.54) is 5.56 Å². The number of carbonyl (C=O) groups is 2. The molecular formula is C23H33N5O2. The van der Waals surface area contributed by atoms with Crippen molar-refractivity contribution in [3.63, 3.8) is 0 Å². The fourth-order valence-electron chi connectivity index (χ4n) is 4.86. The van der Waals surface area contributed by atoms with Crippen molar-refractivity contribution >= 4 is 28.4 Å². The van der Waals surface area contributed by atoms with Gasteiger partial charge in [-0.1, -0.05) is 11.6 Å². The average Bonchev–Trinajstić information content (AvgIpc) is 3.05. The summed E-state index contributed by atoms with van der Waals surface area (Å²) in [5.41, 5.74) is 2.26. The van der Waals surface area contributed by atoms with Crippen LogP contribution < -0.4 is 10.6 Å². The zero-order valence-corrected chi connectivity index (χ0v) is 18.3. The monoisotopic (exact) mass is 411 g/mol. The zero-order valence-electron chi connectivity index (χ0n) is 18.3. The fourth-order valence-corrected chi connectivity index (χ4v) is 4.86. The van der Waals surface area contributed by atoms with E-state index in [0.29, 0.717) is 11.8 Å². The number of rotatable bonds is 7. The Morgan fingerprint density at radius 1 is 1.17 bits per heavy atom. The van der Waals surface area contributed by atoms with Crippen LogP contribution in [0.5, 0.6) is 0 Å². The molecule has 0 atom stereocenters. The van der Waals surface area contributed by atoms with Crippen LogP contribution >= 0.6 is 0 Å². The minimum atomic E-state index is 0.00629. The average molecular weight is 412 g/mol. The number of hydrogen-bond acceptors (Lipinski definition) is 5. The molecule has 1 aromatic carbocycles. The summed E-state index contributed by atoms with van der Waals surface area (Å²) in [4.78, 5) is 26.4. The van der Waals surface area contributed by atoms with Crippen LogP contribution in [-0.2, 0) is 16.1 Å². The van der Waals surface area contributed by atoms with Crippen molar-refractivity contribution in [1.29, 1.82) is 0 Å². The van der Waals surface area contributed by atoms with Crippen LogP contribution in [0, 0.1) is 12.8 Å². The number of benzene rings is 1. The summed E-state index contributed by atoms with van der Waals surface area (Å²) in [6.07, 6.45) is 4.21. The molecule has 162 valence electrons. The third-order valence-corrected chi connectivity index (χ3v) is 6.68. The van der Waals surface area contributed by atoms with E-state index in [1.807, 2.05) is 4.68 Å². The lowest BCUT2D eigenvalue weighted by atomic mass is 9.82. The molecule has 1 amide bonds. The number of aromatic nitrogens is 2. The van der Waals surface area contributed by atoms with E-state index in [2.05, 4.69) is 52.7 Å². The van der Waals surface area contributed by atoms with Crippen LogP contribution in [0.3, 0.4) is 0 Å². The highest BCUT2D eigenvalue weighted by atomic mass is 16.2. The lowest BCUT2D eigenvalue weighted by Crippen LogP contribution is -2.63. The third kappa shape index (κ3) is 4.36. The van der Waals surface area contributed by atoms with Gasteiger partial charge in [0.25, 0.3) is 0 Å². The number of fused-ring (bicyclic) bond motifs is 1. The minimum Gasteiger partial charge on any atom is -0.359 e. The van der Waals surface area contributed by atoms with Gasteiger partial charge in [-0.2, -0.15) is 5.10 Å². The molecule has 1 saturated heterocycles. The van der Waals surface area contributed by atoms with Gasteiger partial charge in [0.05, 0.1) is 18.1 Å². The molecule has 2 fully saturated rings. The topological polar surface area (TPSA) is 79.3 Å². The fraction of sp³-hybridized carbons (Fsp3) is 0.609. The molecule has 1 aromatic heterocycles. The zero-order chi connectivity index (χ0) is 21.3. The van der Waals surface area contributed by atoms with Crippen LogP contribution in [0.4, 0.5) is 5.82 Å². The van der Waals surface area contributed by atoms with Crippen LogP contribution in [0.25, 0.3) is 10.9 Å². The molecule has 1 aliphatic heterocycles. The van der Waals surface area contributed by atoms with Crippen molar-refractivity contribution < 1.29 is 9.59 Å². The molecule has 4 rings (SSSR count). The van der Waals surface area contributed by atoms with Gasteiger partial charge in [-0.05, 0) is 58.6 Å². The van der Waals surface area contributed by atoms with Gasteiger partial charge in [-0.3, -0.25) is 19.2 Å². The smallest absolute Gasteiger partial charge is 0.239 e. The van der Waals surface area contributed by atoms with E-state index >= 15 is 0 Å². The summed E-state index contributed by atoms with van der Waals surface area (Å²) in [6, 6.07) is 7.07. The Bertz CT molecular complexity index is 923. The molecule has 2 aromatic rings. The van der Waals surface area contributed by atoms with Crippen molar-refractivity contribution in [3.05, 3.63) is 23.8 Å². The molecule has 0 spiro atoms. The highest BCUT2D eigenvalue weighted by molar-refractivity contribution is 5.92. The Balaban J connectivity index is 1.24. The standard InChI is InChI=1S/C23H33N5O2/c1-4-28-21-10-5-15(2)11-20(21)23(26-28)24-12-22(30)25-18-13-27(14-18)19-8-6-17(7-9-19)16(3)29/h5,10-11,17-19H,4,6-9,12-14H2,1-3H3,(H,24,26)(H,25,30). The van der Waals surface area contributed by atoms with Gasteiger partial charge < -0.3 is 10.6 Å². The first-order valence-electron chi connectivity index (χ1n) is 11.2. The van der Waals surface area contributed by atoms with Crippen LogP contribution in [-0.4, -0.2) is 58.1 Å². The van der Waals surface area contributed by atoms with E-state index < -0.39 is 0 Å². The summed E-state index contributed by atoms with van der Waals surface area (Å²) in [7, 11) is 0. The van der Waals surface area contributed by atoms with E-state index in [4.69, 9.17) is 0 Å². The van der Waals surface area contributed by atoms with Gasteiger partial charge >= 0.3 is 0 Å². The maximum atomic E-state index is 12.4. The van der Waals surface area contributed by atoms with Gasteiger partial charge in [0, 0.05) is 37.0 Å². The molecule has 0 unspecified atom stereocenters. The van der Waals surface area contributed by atoms with Crippen molar-refractivity contribution in [2.75, 3.05) is 25.0 Å². The van der Waals surface area contributed by atoms with E-state index in [9.17, 15) is 9.59 Å². The van der Waals surface area contributed by atoms with E-state index in [-0.39, 0.29) is 24.4 Å². The molecule has 7 heteroatoms. The first-order valence-corrected chi connectivity index (χ1v) is 11.2. The maximum absolute atomic E-state index is 12.4. The first kappa shape index (κ1) is 20.8. The lowest BCUT2D eigenvalue weighted by Gasteiger charge is -2.46. The predicted octanol–water partition coefficient (Wildman–Crippen LogP) is 2.72. The van der Waals surface area contributed by atoms with Crippen molar-refractivity contribution in [2.45, 2.75) is 65.1 Å². The molecule has 30 heavy (non-hydrogen) atoms. The second-order valence-corrected chi connectivity index (χ2v) is 8.87. The van der Waals surface area contributed by atoms with Crippen LogP contribution in [0.1, 0.15) is 45.1 Å². The molecule has 2 N–H and O–H groups in total. The molecule has 2 aliphatic rings. The summed E-state index contributed by atoms with van der Waals surface area (Å²) in [5.74, 6) is 1.37. The Morgan fingerprint density at radius 2 is 1.90 bits per heavy atom. The molecule has 7 nitrogen and oxygen atoms in total. The quantitative estimate of drug-likeness (QED) is 0.732. The third-order valence-electron chi connectivity index (χ3n) is 6.68. The summed E-state index contributed by atoms with van der Waals surface area (Å²) in [6.45, 7) is 8.68. The minimum absolute atomic E-state index is 0.00629. The van der Waals surface area contributed by atoms with Crippen molar-refractivity contribution in [2.24, 2.45) is 5.92 Å². The number of Topliss-reactive ketones (excluding diaryl/α,β-unsaturated/α-hetero) is 1. The number of aryl methyl sites for hydroxylation is 2. The second-order valence-electron chi connectivity index (χ2n) is 8.87. The molecule has 2 heterocycles.